The highest BCUT2D eigenvalue weighted by Crippen LogP contribution is 2.38. The zero-order valence-electron chi connectivity index (χ0n) is 16.2. The minimum absolute atomic E-state index is 0.125. The van der Waals surface area contributed by atoms with Gasteiger partial charge in [0.25, 0.3) is 0 Å². The van der Waals surface area contributed by atoms with E-state index in [0.717, 1.165) is 5.56 Å². The van der Waals surface area contributed by atoms with Gasteiger partial charge in [-0.2, -0.15) is 8.78 Å². The van der Waals surface area contributed by atoms with Crippen molar-refractivity contribution in [3.8, 4) is 12.3 Å². The molecule has 2 aromatic rings. The molecule has 9 heteroatoms. The number of rotatable bonds is 7. The van der Waals surface area contributed by atoms with Crippen LogP contribution in [0.25, 0.3) is 0 Å². The first-order valence-corrected chi connectivity index (χ1v) is 10.00. The minimum Gasteiger partial charge on any atom is -0.379 e. The number of pyridine rings is 2. The number of thioether (sulfide) groups is 1. The fourth-order valence-corrected chi connectivity index (χ4v) is 4.35. The fraction of sp³-hybridized carbons (Fsp3) is 0.333. The Kier molecular flexibility index (Phi) is 6.80. The molecule has 1 aliphatic rings. The van der Waals surface area contributed by atoms with E-state index in [1.165, 1.54) is 18.0 Å². The highest BCUT2D eigenvalue weighted by atomic mass is 32.2. The first-order valence-electron chi connectivity index (χ1n) is 9.12. The molecule has 2 aromatic heterocycles. The molecule has 3 rings (SSSR count). The van der Waals surface area contributed by atoms with Crippen LogP contribution in [0.4, 0.5) is 8.78 Å². The molecular formula is C21H20F2N4O2S. The molecule has 0 amide bonds. The van der Waals surface area contributed by atoms with Crippen LogP contribution in [0.3, 0.4) is 0 Å². The van der Waals surface area contributed by atoms with Gasteiger partial charge in [-0.3, -0.25) is 14.8 Å². The Bertz CT molecular complexity index is 991. The molecule has 0 bridgehead atoms. The summed E-state index contributed by atoms with van der Waals surface area (Å²) in [5, 5.41) is 0.000145. The van der Waals surface area contributed by atoms with E-state index < -0.39 is 12.2 Å². The lowest BCUT2D eigenvalue weighted by Crippen LogP contribution is -2.36. The molecule has 0 saturated carbocycles. The van der Waals surface area contributed by atoms with Gasteiger partial charge < -0.3 is 10.5 Å². The fourth-order valence-electron chi connectivity index (χ4n) is 3.20. The van der Waals surface area contributed by atoms with Gasteiger partial charge in [0.05, 0.1) is 12.3 Å². The lowest BCUT2D eigenvalue weighted by molar-refractivity contribution is -0.128. The molecule has 3 heterocycles. The van der Waals surface area contributed by atoms with Crippen molar-refractivity contribution in [2.75, 3.05) is 6.61 Å². The van der Waals surface area contributed by atoms with Crippen LogP contribution in [0.2, 0.25) is 0 Å². The predicted octanol–water partition coefficient (Wildman–Crippen LogP) is 3.16. The van der Waals surface area contributed by atoms with Crippen molar-refractivity contribution in [3.05, 3.63) is 59.2 Å². The summed E-state index contributed by atoms with van der Waals surface area (Å²) in [7, 11) is 0. The lowest BCUT2D eigenvalue weighted by atomic mass is 9.90. The van der Waals surface area contributed by atoms with Crippen LogP contribution < -0.4 is 5.73 Å². The van der Waals surface area contributed by atoms with E-state index in [4.69, 9.17) is 12.2 Å². The van der Waals surface area contributed by atoms with Gasteiger partial charge in [-0.25, -0.2) is 4.99 Å². The molecule has 0 saturated heterocycles. The maximum atomic E-state index is 12.6. The number of Topliss-reactive ketones (excluding diaryl/α,β-unsaturated/α-hetero) is 1. The number of ketones is 1. The van der Waals surface area contributed by atoms with E-state index >= 15 is 0 Å². The number of hydrogen-bond donors (Lipinski definition) is 1. The summed E-state index contributed by atoms with van der Waals surface area (Å²) in [5.41, 5.74) is 7.38. The van der Waals surface area contributed by atoms with Crippen molar-refractivity contribution >= 4 is 22.7 Å². The Morgan fingerprint density at radius 2 is 2.23 bits per heavy atom. The third-order valence-electron chi connectivity index (χ3n) is 4.63. The van der Waals surface area contributed by atoms with Crippen LogP contribution in [0, 0.1) is 12.3 Å². The third-order valence-corrected chi connectivity index (χ3v) is 5.60. The number of nitrogens with two attached hydrogens (primary N) is 1. The number of hydrogen-bond acceptors (Lipinski definition) is 7. The first kappa shape index (κ1) is 21.9. The number of ether oxygens (including phenoxy) is 1. The summed E-state index contributed by atoms with van der Waals surface area (Å²) in [6.45, 7) is -1.15. The smallest absolute Gasteiger partial charge is 0.345 e. The van der Waals surface area contributed by atoms with Gasteiger partial charge in [0.1, 0.15) is 11.2 Å². The van der Waals surface area contributed by atoms with Gasteiger partial charge in [-0.05, 0) is 43.2 Å². The van der Waals surface area contributed by atoms with Crippen molar-refractivity contribution in [2.24, 2.45) is 10.7 Å². The normalized spacial score (nSPS) is 21.2. The van der Waals surface area contributed by atoms with Crippen LogP contribution in [-0.2, 0) is 16.7 Å². The molecule has 0 aromatic carbocycles. The summed E-state index contributed by atoms with van der Waals surface area (Å²) in [6.07, 6.45) is 8.92. The quantitative estimate of drug-likeness (QED) is 0.536. The second-order valence-electron chi connectivity index (χ2n) is 6.99. The minimum atomic E-state index is -2.84. The SMILES string of the molecule is C#Cc1ccc(C(=O)Cc2ccnc([C@]3(C)C[C@@H](COC(F)F)SC(N)=N3)c2)nc1. The number of terminal acetylenes is 1. The number of carbonyl (C=O) groups excluding carboxylic acids is 1. The number of halogens is 2. The molecule has 0 aliphatic carbocycles. The number of carbonyl (C=O) groups is 1. The lowest BCUT2D eigenvalue weighted by Gasteiger charge is -2.33. The van der Waals surface area contributed by atoms with E-state index in [9.17, 15) is 13.6 Å². The Morgan fingerprint density at radius 3 is 2.90 bits per heavy atom. The molecule has 156 valence electrons. The average molecular weight is 430 g/mol. The average Bonchev–Trinajstić information content (AvgIpc) is 2.72. The van der Waals surface area contributed by atoms with Crippen LogP contribution >= 0.6 is 11.8 Å². The Labute approximate surface area is 177 Å². The van der Waals surface area contributed by atoms with Crippen LogP contribution in [-0.4, -0.2) is 39.4 Å². The Balaban J connectivity index is 1.77. The number of nitrogens with zero attached hydrogens (tertiary/aromatic N) is 3. The number of aromatic nitrogens is 2. The molecule has 2 N–H and O–H groups in total. The van der Waals surface area contributed by atoms with Crippen molar-refractivity contribution in [1.82, 2.24) is 9.97 Å². The summed E-state index contributed by atoms with van der Waals surface area (Å²) in [4.78, 5) is 25.6. The summed E-state index contributed by atoms with van der Waals surface area (Å²) in [6, 6.07) is 6.78. The van der Waals surface area contributed by atoms with Crippen molar-refractivity contribution in [3.63, 3.8) is 0 Å². The maximum Gasteiger partial charge on any atom is 0.345 e. The van der Waals surface area contributed by atoms with Crippen LogP contribution in [0.5, 0.6) is 0 Å². The zero-order chi connectivity index (χ0) is 21.7. The van der Waals surface area contributed by atoms with Gasteiger partial charge >= 0.3 is 6.61 Å². The molecule has 6 nitrogen and oxygen atoms in total. The molecule has 30 heavy (non-hydrogen) atoms. The molecule has 0 unspecified atom stereocenters. The van der Waals surface area contributed by atoms with Gasteiger partial charge in [-0.1, -0.05) is 17.7 Å². The second kappa shape index (κ2) is 9.32. The van der Waals surface area contributed by atoms with E-state index in [1.807, 2.05) is 6.92 Å². The molecule has 0 spiro atoms. The monoisotopic (exact) mass is 430 g/mol. The van der Waals surface area contributed by atoms with Crippen molar-refractivity contribution < 1.29 is 18.3 Å². The molecular weight excluding hydrogens is 410 g/mol. The molecule has 0 fully saturated rings. The van der Waals surface area contributed by atoms with Gasteiger partial charge in [-0.15, -0.1) is 6.42 Å². The first-order chi connectivity index (χ1) is 14.3. The Hall–Kier alpha value is -2.83. The van der Waals surface area contributed by atoms with Crippen LogP contribution in [0.15, 0.2) is 41.7 Å². The zero-order valence-corrected chi connectivity index (χ0v) is 17.0. The summed E-state index contributed by atoms with van der Waals surface area (Å²) in [5.74, 6) is 2.30. The number of amidine groups is 1. The van der Waals surface area contributed by atoms with Crippen molar-refractivity contribution in [1.29, 1.82) is 0 Å². The highest BCUT2D eigenvalue weighted by Gasteiger charge is 2.36. The predicted molar refractivity (Wildman–Crippen MR) is 111 cm³/mol. The third kappa shape index (κ3) is 5.40. The largest absolute Gasteiger partial charge is 0.379 e. The van der Waals surface area contributed by atoms with E-state index in [-0.39, 0.29) is 29.2 Å². The molecule has 1 aliphatic heterocycles. The maximum absolute atomic E-state index is 12.6. The number of alkyl halides is 2. The van der Waals surface area contributed by atoms with Gasteiger partial charge in [0.2, 0.25) is 0 Å². The Morgan fingerprint density at radius 1 is 1.43 bits per heavy atom. The summed E-state index contributed by atoms with van der Waals surface area (Å²) >= 11 is 1.21. The standard InChI is InChI=1S/C21H20F2N4O2S/c1-3-13-4-5-16(26-11-13)17(28)8-14-6-7-25-18(9-14)21(2)10-15(12-29-19(22)23)30-20(24)27-21/h1,4-7,9,11,15,19H,8,10,12H2,2H3,(H2,24,27)/t15-,21-/m0/s1. The van der Waals surface area contributed by atoms with E-state index in [1.54, 1.807) is 30.5 Å². The van der Waals surface area contributed by atoms with E-state index in [2.05, 4.69) is 25.6 Å². The molecule has 2 atom stereocenters. The van der Waals surface area contributed by atoms with Gasteiger partial charge in [0, 0.05) is 29.6 Å². The molecule has 0 radical (unpaired) electrons. The second-order valence-corrected chi connectivity index (χ2v) is 8.31. The number of aliphatic imine (C=N–C) groups is 1. The van der Waals surface area contributed by atoms with Crippen molar-refractivity contribution in [2.45, 2.75) is 37.2 Å². The summed E-state index contributed by atoms with van der Waals surface area (Å²) < 4.78 is 29.3. The van der Waals surface area contributed by atoms with Gasteiger partial charge in [0.15, 0.2) is 11.0 Å². The topological polar surface area (TPSA) is 90.5 Å². The van der Waals surface area contributed by atoms with Crippen LogP contribution in [0.1, 0.15) is 40.7 Å². The highest BCUT2D eigenvalue weighted by molar-refractivity contribution is 8.14. The van der Waals surface area contributed by atoms with E-state index in [0.29, 0.717) is 23.4 Å².